The van der Waals surface area contributed by atoms with Gasteiger partial charge >= 0.3 is 0 Å². The zero-order chi connectivity index (χ0) is 10.7. The summed E-state index contributed by atoms with van der Waals surface area (Å²) < 4.78 is 0. The van der Waals surface area contributed by atoms with Crippen LogP contribution in [0.25, 0.3) is 0 Å². The number of primary amides is 1. The molecule has 76 valence electrons. The molecule has 0 aliphatic carbocycles. The van der Waals surface area contributed by atoms with Gasteiger partial charge in [0.2, 0.25) is 0 Å². The van der Waals surface area contributed by atoms with Crippen LogP contribution in [0.5, 0.6) is 0 Å². The van der Waals surface area contributed by atoms with E-state index in [0.717, 1.165) is 0 Å². The second-order valence-electron chi connectivity index (χ2n) is 3.26. The monoisotopic (exact) mass is 194 g/mol. The summed E-state index contributed by atoms with van der Waals surface area (Å²) >= 11 is 0. The molecule has 0 atom stereocenters. The number of aromatic nitrogens is 2. The van der Waals surface area contributed by atoms with Gasteiger partial charge in [-0.25, -0.2) is 9.97 Å². The Morgan fingerprint density at radius 2 is 2.21 bits per heavy atom. The number of anilines is 1. The highest BCUT2D eigenvalue weighted by Gasteiger charge is 2.12. The minimum Gasteiger partial charge on any atom is -0.385 e. The van der Waals surface area contributed by atoms with E-state index in [4.69, 9.17) is 5.73 Å². The molecule has 0 fully saturated rings. The number of carbonyl (C=O) groups excluding carboxylic acids is 1. The van der Waals surface area contributed by atoms with Gasteiger partial charge in [-0.05, 0) is 0 Å². The molecule has 1 amide bonds. The van der Waals surface area contributed by atoms with Gasteiger partial charge in [0.05, 0.1) is 11.9 Å². The second-order valence-corrected chi connectivity index (χ2v) is 3.26. The molecule has 0 saturated heterocycles. The van der Waals surface area contributed by atoms with E-state index in [1.165, 1.54) is 0 Å². The summed E-state index contributed by atoms with van der Waals surface area (Å²) in [4.78, 5) is 19.3. The zero-order valence-corrected chi connectivity index (χ0v) is 8.53. The molecule has 0 aliphatic rings. The summed E-state index contributed by atoms with van der Waals surface area (Å²) in [6.07, 6.45) is 1.57. The maximum Gasteiger partial charge on any atom is 0.269 e. The Balaban J connectivity index is 3.21. The minimum atomic E-state index is -0.543. The van der Waals surface area contributed by atoms with Gasteiger partial charge in [-0.1, -0.05) is 13.8 Å². The van der Waals surface area contributed by atoms with Crippen molar-refractivity contribution in [1.82, 2.24) is 9.97 Å². The Labute approximate surface area is 82.7 Å². The molecule has 0 radical (unpaired) electrons. The Morgan fingerprint density at radius 3 is 2.64 bits per heavy atom. The molecule has 1 rings (SSSR count). The molecule has 0 spiro atoms. The Hall–Kier alpha value is -1.65. The van der Waals surface area contributed by atoms with E-state index in [1.807, 2.05) is 13.8 Å². The standard InChI is InChI=1S/C9H14N4O/c1-5(2)9-12-4-6(11-3)7(13-9)8(10)14/h4-5,11H,1-3H3,(H2,10,14). The van der Waals surface area contributed by atoms with Crippen LogP contribution in [0, 0.1) is 0 Å². The summed E-state index contributed by atoms with van der Waals surface area (Å²) in [5, 5.41) is 2.82. The number of amides is 1. The van der Waals surface area contributed by atoms with Crippen LogP contribution in [0.2, 0.25) is 0 Å². The molecule has 0 aromatic carbocycles. The van der Waals surface area contributed by atoms with Crippen molar-refractivity contribution in [2.24, 2.45) is 5.73 Å². The summed E-state index contributed by atoms with van der Waals surface area (Å²) in [6, 6.07) is 0. The maximum atomic E-state index is 11.0. The van der Waals surface area contributed by atoms with Gasteiger partial charge < -0.3 is 11.1 Å². The van der Waals surface area contributed by atoms with Crippen LogP contribution in [0.15, 0.2) is 6.20 Å². The smallest absolute Gasteiger partial charge is 0.269 e. The fourth-order valence-corrected chi connectivity index (χ4v) is 1.04. The third-order valence-electron chi connectivity index (χ3n) is 1.83. The van der Waals surface area contributed by atoms with Crippen LogP contribution in [0.4, 0.5) is 5.69 Å². The van der Waals surface area contributed by atoms with Crippen LogP contribution in [-0.4, -0.2) is 22.9 Å². The quantitative estimate of drug-likeness (QED) is 0.743. The average Bonchev–Trinajstić information content (AvgIpc) is 2.16. The van der Waals surface area contributed by atoms with Crippen molar-refractivity contribution < 1.29 is 4.79 Å². The molecule has 1 heterocycles. The van der Waals surface area contributed by atoms with Gasteiger partial charge in [0.25, 0.3) is 5.91 Å². The lowest BCUT2D eigenvalue weighted by molar-refractivity contribution is 0.0996. The van der Waals surface area contributed by atoms with Crippen LogP contribution >= 0.6 is 0 Å². The van der Waals surface area contributed by atoms with Crippen molar-refractivity contribution in [3.05, 3.63) is 17.7 Å². The van der Waals surface area contributed by atoms with E-state index >= 15 is 0 Å². The molecule has 5 heteroatoms. The fourth-order valence-electron chi connectivity index (χ4n) is 1.04. The molecule has 0 unspecified atom stereocenters. The predicted molar refractivity (Wildman–Crippen MR) is 54.2 cm³/mol. The molecule has 1 aromatic rings. The first-order valence-corrected chi connectivity index (χ1v) is 4.40. The topological polar surface area (TPSA) is 80.9 Å². The van der Waals surface area contributed by atoms with Gasteiger partial charge in [-0.15, -0.1) is 0 Å². The predicted octanol–water partition coefficient (Wildman–Crippen LogP) is 0.741. The summed E-state index contributed by atoms with van der Waals surface area (Å²) in [5.41, 5.74) is 5.99. The molecule has 14 heavy (non-hydrogen) atoms. The number of rotatable bonds is 3. The van der Waals surface area contributed by atoms with Crippen molar-refractivity contribution in [3.63, 3.8) is 0 Å². The molecule has 1 aromatic heterocycles. The van der Waals surface area contributed by atoms with Crippen LogP contribution < -0.4 is 11.1 Å². The second kappa shape index (κ2) is 4.04. The summed E-state index contributed by atoms with van der Waals surface area (Å²) in [7, 11) is 1.69. The van der Waals surface area contributed by atoms with Crippen molar-refractivity contribution in [3.8, 4) is 0 Å². The number of nitrogens with one attached hydrogen (secondary N) is 1. The molecule has 0 bridgehead atoms. The highest BCUT2D eigenvalue weighted by Crippen LogP contribution is 2.14. The van der Waals surface area contributed by atoms with Gasteiger partial charge in [-0.3, -0.25) is 4.79 Å². The number of carbonyl (C=O) groups is 1. The Kier molecular flexibility index (Phi) is 3.01. The van der Waals surface area contributed by atoms with E-state index in [1.54, 1.807) is 13.2 Å². The van der Waals surface area contributed by atoms with Crippen molar-refractivity contribution in [2.45, 2.75) is 19.8 Å². The third-order valence-corrected chi connectivity index (χ3v) is 1.83. The Morgan fingerprint density at radius 1 is 1.57 bits per heavy atom. The van der Waals surface area contributed by atoms with Gasteiger partial charge in [0.1, 0.15) is 5.82 Å². The first-order valence-electron chi connectivity index (χ1n) is 4.40. The van der Waals surface area contributed by atoms with E-state index < -0.39 is 5.91 Å². The number of nitrogens with zero attached hydrogens (tertiary/aromatic N) is 2. The van der Waals surface area contributed by atoms with Crippen molar-refractivity contribution in [1.29, 1.82) is 0 Å². The SMILES string of the molecule is CNc1cnc(C(C)C)nc1C(N)=O. The normalized spacial score (nSPS) is 10.3. The molecule has 0 aliphatic heterocycles. The lowest BCUT2D eigenvalue weighted by Crippen LogP contribution is -2.17. The highest BCUT2D eigenvalue weighted by atomic mass is 16.1. The van der Waals surface area contributed by atoms with Crippen LogP contribution in [0.3, 0.4) is 0 Å². The molecule has 5 nitrogen and oxygen atoms in total. The first kappa shape index (κ1) is 10.4. The minimum absolute atomic E-state index is 0.180. The van der Waals surface area contributed by atoms with E-state index in [0.29, 0.717) is 11.5 Å². The van der Waals surface area contributed by atoms with Gasteiger partial charge in [-0.2, -0.15) is 0 Å². The lowest BCUT2D eigenvalue weighted by atomic mass is 10.2. The summed E-state index contributed by atoms with van der Waals surface area (Å²) in [6.45, 7) is 3.91. The summed E-state index contributed by atoms with van der Waals surface area (Å²) in [5.74, 6) is 0.260. The zero-order valence-electron chi connectivity index (χ0n) is 8.53. The molecule has 3 N–H and O–H groups in total. The third kappa shape index (κ3) is 1.99. The van der Waals surface area contributed by atoms with E-state index in [2.05, 4.69) is 15.3 Å². The Bertz CT molecular complexity index is 349. The molecular weight excluding hydrogens is 180 g/mol. The van der Waals surface area contributed by atoms with Gasteiger partial charge in [0, 0.05) is 13.0 Å². The van der Waals surface area contributed by atoms with Crippen molar-refractivity contribution >= 4 is 11.6 Å². The number of hydrogen-bond acceptors (Lipinski definition) is 4. The van der Waals surface area contributed by atoms with Gasteiger partial charge in [0.15, 0.2) is 5.69 Å². The fraction of sp³-hybridized carbons (Fsp3) is 0.444. The number of nitrogens with two attached hydrogens (primary N) is 1. The van der Waals surface area contributed by atoms with Crippen LogP contribution in [0.1, 0.15) is 36.1 Å². The van der Waals surface area contributed by atoms with E-state index in [9.17, 15) is 4.79 Å². The van der Waals surface area contributed by atoms with Crippen LogP contribution in [-0.2, 0) is 0 Å². The first-order chi connectivity index (χ1) is 6.56. The average molecular weight is 194 g/mol. The van der Waals surface area contributed by atoms with E-state index in [-0.39, 0.29) is 11.6 Å². The molecular formula is C9H14N4O. The van der Waals surface area contributed by atoms with Crippen molar-refractivity contribution in [2.75, 3.05) is 12.4 Å². The maximum absolute atomic E-state index is 11.0. The molecule has 0 saturated carbocycles. The highest BCUT2D eigenvalue weighted by molar-refractivity contribution is 5.96. The largest absolute Gasteiger partial charge is 0.385 e. The number of hydrogen-bond donors (Lipinski definition) is 2. The lowest BCUT2D eigenvalue weighted by Gasteiger charge is -2.08.